The molecule has 5 nitrogen and oxygen atoms in total. The van der Waals surface area contributed by atoms with Crippen LogP contribution in [0.25, 0.3) is 0 Å². The predicted octanol–water partition coefficient (Wildman–Crippen LogP) is 2.15. The molecule has 0 spiro atoms. The number of piperidine rings is 1. The largest absolute Gasteiger partial charge is 0.393 e. The SMILES string of the molecule is OC1CCCCC1Cc1nc(N2CCCCC2)no1. The molecule has 1 aliphatic heterocycles. The summed E-state index contributed by atoms with van der Waals surface area (Å²) >= 11 is 0. The molecule has 2 unspecified atom stereocenters. The topological polar surface area (TPSA) is 62.4 Å². The van der Waals surface area contributed by atoms with Gasteiger partial charge in [0.15, 0.2) is 0 Å². The third-order valence-corrected chi connectivity index (χ3v) is 4.40. The number of aliphatic hydroxyl groups is 1. The van der Waals surface area contributed by atoms with Crippen LogP contribution in [0.1, 0.15) is 50.8 Å². The normalized spacial score (nSPS) is 28.6. The van der Waals surface area contributed by atoms with Crippen LogP contribution >= 0.6 is 0 Å². The summed E-state index contributed by atoms with van der Waals surface area (Å²) in [5.74, 6) is 1.72. The van der Waals surface area contributed by atoms with Gasteiger partial charge in [0.1, 0.15) is 0 Å². The quantitative estimate of drug-likeness (QED) is 0.907. The Morgan fingerprint density at radius 1 is 1.11 bits per heavy atom. The van der Waals surface area contributed by atoms with Crippen LogP contribution in [0.2, 0.25) is 0 Å². The maximum absolute atomic E-state index is 9.99. The van der Waals surface area contributed by atoms with Crippen molar-refractivity contribution in [3.05, 3.63) is 5.89 Å². The second-order valence-corrected chi connectivity index (χ2v) is 5.85. The van der Waals surface area contributed by atoms with Crippen molar-refractivity contribution in [2.45, 2.75) is 57.5 Å². The number of hydrogen-bond acceptors (Lipinski definition) is 5. The Morgan fingerprint density at radius 2 is 1.89 bits per heavy atom. The first-order chi connectivity index (χ1) is 9.33. The smallest absolute Gasteiger partial charge is 0.266 e. The summed E-state index contributed by atoms with van der Waals surface area (Å²) in [6, 6.07) is 0. The zero-order valence-electron chi connectivity index (χ0n) is 11.4. The third-order valence-electron chi connectivity index (χ3n) is 4.40. The van der Waals surface area contributed by atoms with E-state index in [1.54, 1.807) is 0 Å². The number of nitrogens with zero attached hydrogens (tertiary/aromatic N) is 3. The Bertz CT molecular complexity index is 401. The van der Waals surface area contributed by atoms with Gasteiger partial charge in [0.2, 0.25) is 5.89 Å². The highest BCUT2D eigenvalue weighted by molar-refractivity contribution is 5.28. The predicted molar refractivity (Wildman–Crippen MR) is 72.0 cm³/mol. The molecule has 1 aliphatic carbocycles. The monoisotopic (exact) mass is 265 g/mol. The average molecular weight is 265 g/mol. The lowest BCUT2D eigenvalue weighted by Crippen LogP contribution is -2.30. The van der Waals surface area contributed by atoms with Crippen molar-refractivity contribution in [1.29, 1.82) is 0 Å². The molecule has 0 amide bonds. The minimum absolute atomic E-state index is 0.195. The zero-order valence-corrected chi connectivity index (χ0v) is 11.4. The van der Waals surface area contributed by atoms with Gasteiger partial charge in [0, 0.05) is 19.5 Å². The van der Waals surface area contributed by atoms with Gasteiger partial charge in [-0.2, -0.15) is 4.98 Å². The van der Waals surface area contributed by atoms with E-state index in [-0.39, 0.29) is 6.10 Å². The standard InChI is InChI=1S/C14H23N3O2/c18-12-7-3-2-6-11(12)10-13-15-14(16-19-13)17-8-4-1-5-9-17/h11-12,18H,1-10H2. The summed E-state index contributed by atoms with van der Waals surface area (Å²) in [5.41, 5.74) is 0. The maximum Gasteiger partial charge on any atom is 0.266 e. The van der Waals surface area contributed by atoms with Crippen molar-refractivity contribution in [2.75, 3.05) is 18.0 Å². The van der Waals surface area contributed by atoms with E-state index in [0.29, 0.717) is 11.8 Å². The highest BCUT2D eigenvalue weighted by Gasteiger charge is 2.26. The first-order valence-electron chi connectivity index (χ1n) is 7.58. The average Bonchev–Trinajstić information content (AvgIpc) is 2.91. The van der Waals surface area contributed by atoms with Crippen LogP contribution in [0, 0.1) is 5.92 Å². The van der Waals surface area contributed by atoms with Crippen LogP contribution < -0.4 is 4.90 Å². The molecule has 0 aromatic carbocycles. The van der Waals surface area contributed by atoms with Crippen LogP contribution in [0.15, 0.2) is 4.52 Å². The first kappa shape index (κ1) is 12.9. The fraction of sp³-hybridized carbons (Fsp3) is 0.857. The van der Waals surface area contributed by atoms with E-state index in [4.69, 9.17) is 4.52 Å². The molecule has 1 saturated heterocycles. The summed E-state index contributed by atoms with van der Waals surface area (Å²) in [6.45, 7) is 2.07. The molecule has 2 atom stereocenters. The summed E-state index contributed by atoms with van der Waals surface area (Å²) in [6.07, 6.45) is 8.59. The van der Waals surface area contributed by atoms with Gasteiger partial charge in [-0.1, -0.05) is 12.8 Å². The molecule has 1 N–H and O–H groups in total. The van der Waals surface area contributed by atoms with Crippen LogP contribution in [0.3, 0.4) is 0 Å². The molecule has 0 bridgehead atoms. The van der Waals surface area contributed by atoms with E-state index in [1.807, 2.05) is 0 Å². The van der Waals surface area contributed by atoms with Gasteiger partial charge in [-0.25, -0.2) is 0 Å². The second kappa shape index (κ2) is 5.90. The lowest BCUT2D eigenvalue weighted by molar-refractivity contribution is 0.0657. The summed E-state index contributed by atoms with van der Waals surface area (Å²) in [7, 11) is 0. The molecular weight excluding hydrogens is 242 g/mol. The molecule has 2 heterocycles. The van der Waals surface area contributed by atoms with Crippen LogP contribution in [-0.4, -0.2) is 34.4 Å². The second-order valence-electron chi connectivity index (χ2n) is 5.85. The molecule has 1 aromatic heterocycles. The first-order valence-corrected chi connectivity index (χ1v) is 7.58. The van der Waals surface area contributed by atoms with E-state index >= 15 is 0 Å². The Kier molecular flexibility index (Phi) is 4.01. The molecule has 1 aromatic rings. The van der Waals surface area contributed by atoms with Crippen molar-refractivity contribution in [2.24, 2.45) is 5.92 Å². The van der Waals surface area contributed by atoms with Gasteiger partial charge >= 0.3 is 0 Å². The highest BCUT2D eigenvalue weighted by atomic mass is 16.5. The molecule has 3 rings (SSSR count). The summed E-state index contributed by atoms with van der Waals surface area (Å²) in [5, 5.41) is 14.1. The molecule has 19 heavy (non-hydrogen) atoms. The van der Waals surface area contributed by atoms with E-state index in [2.05, 4.69) is 15.0 Å². The lowest BCUT2D eigenvalue weighted by Gasteiger charge is -2.26. The Labute approximate surface area is 114 Å². The summed E-state index contributed by atoms with van der Waals surface area (Å²) < 4.78 is 5.36. The Hall–Kier alpha value is -1.10. The maximum atomic E-state index is 9.99. The van der Waals surface area contributed by atoms with Crippen LogP contribution in [0.5, 0.6) is 0 Å². The van der Waals surface area contributed by atoms with E-state index in [9.17, 15) is 5.11 Å². The molecule has 0 radical (unpaired) electrons. The minimum atomic E-state index is -0.195. The van der Waals surface area contributed by atoms with Gasteiger partial charge in [-0.3, -0.25) is 0 Å². The number of aromatic nitrogens is 2. The van der Waals surface area contributed by atoms with Crippen LogP contribution in [-0.2, 0) is 6.42 Å². The summed E-state index contributed by atoms with van der Waals surface area (Å²) in [4.78, 5) is 6.70. The van der Waals surface area contributed by atoms with Gasteiger partial charge in [0.05, 0.1) is 6.10 Å². The van der Waals surface area contributed by atoms with Crippen molar-refractivity contribution in [3.63, 3.8) is 0 Å². The Balaban J connectivity index is 1.60. The number of hydrogen-bond donors (Lipinski definition) is 1. The zero-order chi connectivity index (χ0) is 13.1. The highest BCUT2D eigenvalue weighted by Crippen LogP contribution is 2.27. The van der Waals surface area contributed by atoms with Crippen LogP contribution in [0.4, 0.5) is 5.95 Å². The van der Waals surface area contributed by atoms with Crippen molar-refractivity contribution in [1.82, 2.24) is 10.1 Å². The molecule has 5 heteroatoms. The molecule has 1 saturated carbocycles. The van der Waals surface area contributed by atoms with E-state index < -0.39 is 0 Å². The van der Waals surface area contributed by atoms with Crippen molar-refractivity contribution >= 4 is 5.95 Å². The van der Waals surface area contributed by atoms with Gasteiger partial charge < -0.3 is 14.5 Å². The Morgan fingerprint density at radius 3 is 2.68 bits per heavy atom. The lowest BCUT2D eigenvalue weighted by atomic mass is 9.84. The van der Waals surface area contributed by atoms with Crippen molar-refractivity contribution in [3.8, 4) is 0 Å². The fourth-order valence-electron chi connectivity index (χ4n) is 3.20. The number of rotatable bonds is 3. The number of aliphatic hydroxyl groups excluding tert-OH is 1. The third kappa shape index (κ3) is 3.08. The van der Waals surface area contributed by atoms with Gasteiger partial charge in [-0.15, -0.1) is 0 Å². The fourth-order valence-corrected chi connectivity index (χ4v) is 3.20. The molecule has 2 aliphatic rings. The molecule has 2 fully saturated rings. The minimum Gasteiger partial charge on any atom is -0.393 e. The molecule has 106 valence electrons. The number of anilines is 1. The van der Waals surface area contributed by atoms with Gasteiger partial charge in [-0.05, 0) is 43.2 Å². The van der Waals surface area contributed by atoms with Gasteiger partial charge in [0.25, 0.3) is 5.95 Å². The van der Waals surface area contributed by atoms with Crippen molar-refractivity contribution < 1.29 is 9.63 Å². The van der Waals surface area contributed by atoms with E-state index in [0.717, 1.165) is 44.7 Å². The van der Waals surface area contributed by atoms with E-state index in [1.165, 1.54) is 25.7 Å². The molecular formula is C14H23N3O2.